The first-order valence-electron chi connectivity index (χ1n) is 8.31. The van der Waals surface area contributed by atoms with E-state index in [-0.39, 0.29) is 11.9 Å². The van der Waals surface area contributed by atoms with Crippen LogP contribution in [0, 0.1) is 19.8 Å². The molecule has 1 aliphatic rings. The maximum Gasteiger partial charge on any atom is 0.251 e. The highest BCUT2D eigenvalue weighted by Gasteiger charge is 2.22. The zero-order valence-corrected chi connectivity index (χ0v) is 14.2. The third-order valence-corrected chi connectivity index (χ3v) is 4.73. The van der Waals surface area contributed by atoms with Crippen LogP contribution in [0.3, 0.4) is 0 Å². The quantitative estimate of drug-likeness (QED) is 0.792. The topological polar surface area (TPSA) is 99.9 Å². The Morgan fingerprint density at radius 3 is 2.71 bits per heavy atom. The highest BCUT2D eigenvalue weighted by molar-refractivity contribution is 5.94. The Hall–Kier alpha value is -2.57. The van der Waals surface area contributed by atoms with Gasteiger partial charge in [-0.05, 0) is 55.9 Å². The van der Waals surface area contributed by atoms with Crippen molar-refractivity contribution in [3.05, 3.63) is 34.9 Å². The number of aryl methyl sites for hydroxylation is 2. The molecule has 0 aliphatic carbocycles. The number of hydrogen-bond acceptors (Lipinski definition) is 5. The van der Waals surface area contributed by atoms with Crippen LogP contribution >= 0.6 is 0 Å². The predicted octanol–water partition coefficient (Wildman–Crippen LogP) is 1.65. The Morgan fingerprint density at radius 2 is 2.08 bits per heavy atom. The number of H-pyrrole nitrogens is 1. The summed E-state index contributed by atoms with van der Waals surface area (Å²) in [5.41, 5.74) is 8.61. The molecule has 0 radical (unpaired) electrons. The number of carbonyl (C=O) groups excluding carboxylic acids is 1. The first-order valence-corrected chi connectivity index (χ1v) is 8.31. The van der Waals surface area contributed by atoms with E-state index in [4.69, 9.17) is 5.73 Å². The van der Waals surface area contributed by atoms with E-state index < -0.39 is 0 Å². The van der Waals surface area contributed by atoms with Crippen molar-refractivity contribution in [3.8, 4) is 0 Å². The average Bonchev–Trinajstić information content (AvgIpc) is 3.02. The summed E-state index contributed by atoms with van der Waals surface area (Å²) in [7, 11) is 0. The van der Waals surface area contributed by atoms with Gasteiger partial charge < -0.3 is 16.0 Å². The number of piperidine rings is 1. The van der Waals surface area contributed by atoms with E-state index in [1.54, 1.807) is 0 Å². The van der Waals surface area contributed by atoms with E-state index in [1.807, 2.05) is 32.0 Å². The number of nitrogens with zero attached hydrogens (tertiary/aromatic N) is 3. The molecule has 1 aliphatic heterocycles. The van der Waals surface area contributed by atoms with Crippen LogP contribution in [-0.2, 0) is 0 Å². The molecule has 3 rings (SSSR count). The summed E-state index contributed by atoms with van der Waals surface area (Å²) < 4.78 is 0. The van der Waals surface area contributed by atoms with Crippen LogP contribution in [0.1, 0.15) is 34.3 Å². The number of amides is 1. The van der Waals surface area contributed by atoms with E-state index in [1.165, 1.54) is 5.56 Å². The number of nitrogens with one attached hydrogen (secondary N) is 2. The monoisotopic (exact) mass is 328 g/mol. The second-order valence-electron chi connectivity index (χ2n) is 6.46. The predicted molar refractivity (Wildman–Crippen MR) is 94.0 cm³/mol. The molecule has 1 saturated heterocycles. The third kappa shape index (κ3) is 3.67. The minimum Gasteiger partial charge on any atom is -0.366 e. The smallest absolute Gasteiger partial charge is 0.251 e. The van der Waals surface area contributed by atoms with Crippen LogP contribution in [0.4, 0.5) is 11.9 Å². The highest BCUT2D eigenvalue weighted by atomic mass is 16.1. The lowest BCUT2D eigenvalue weighted by atomic mass is 9.97. The van der Waals surface area contributed by atoms with Gasteiger partial charge in [0.05, 0.1) is 0 Å². The van der Waals surface area contributed by atoms with Crippen LogP contribution in [-0.4, -0.2) is 40.7 Å². The zero-order valence-electron chi connectivity index (χ0n) is 14.2. The maximum absolute atomic E-state index is 12.3. The van der Waals surface area contributed by atoms with Crippen molar-refractivity contribution in [3.63, 3.8) is 0 Å². The molecule has 0 saturated carbocycles. The lowest BCUT2D eigenvalue weighted by Crippen LogP contribution is -2.39. The first-order chi connectivity index (χ1) is 11.5. The van der Waals surface area contributed by atoms with Crippen LogP contribution in [0.25, 0.3) is 0 Å². The molecule has 0 bridgehead atoms. The molecule has 0 atom stereocenters. The molecule has 1 aromatic heterocycles. The molecule has 7 heteroatoms. The van der Waals surface area contributed by atoms with Crippen molar-refractivity contribution in [2.24, 2.45) is 5.92 Å². The fourth-order valence-corrected chi connectivity index (χ4v) is 2.98. The van der Waals surface area contributed by atoms with Crippen LogP contribution in [0.15, 0.2) is 18.2 Å². The van der Waals surface area contributed by atoms with Crippen molar-refractivity contribution < 1.29 is 4.79 Å². The summed E-state index contributed by atoms with van der Waals surface area (Å²) in [5.74, 6) is 1.48. The summed E-state index contributed by atoms with van der Waals surface area (Å²) in [4.78, 5) is 18.6. The zero-order chi connectivity index (χ0) is 17.1. The molecule has 1 amide bonds. The summed E-state index contributed by atoms with van der Waals surface area (Å²) in [5, 5.41) is 9.76. The van der Waals surface area contributed by atoms with Gasteiger partial charge in [0.15, 0.2) is 0 Å². The Labute approximate surface area is 141 Å². The Morgan fingerprint density at radius 1 is 1.33 bits per heavy atom. The second kappa shape index (κ2) is 6.90. The molecule has 7 nitrogen and oxygen atoms in total. The van der Waals surface area contributed by atoms with Crippen molar-refractivity contribution >= 4 is 17.8 Å². The van der Waals surface area contributed by atoms with Crippen molar-refractivity contribution in [1.29, 1.82) is 0 Å². The standard InChI is InChI=1S/C17H24N6O/c1-11-3-4-14(9-12(11)2)15(24)19-10-13-5-7-23(8-6-13)17-20-16(18)21-22-17/h3-4,9,13H,5-8,10H2,1-2H3,(H,19,24)(H3,18,20,21,22). The minimum atomic E-state index is 0.00328. The minimum absolute atomic E-state index is 0.00328. The van der Waals surface area contributed by atoms with E-state index in [2.05, 4.69) is 25.4 Å². The number of aromatic amines is 1. The number of aromatic nitrogens is 3. The number of hydrogen-bond donors (Lipinski definition) is 3. The van der Waals surface area contributed by atoms with Gasteiger partial charge in [-0.1, -0.05) is 6.07 Å². The van der Waals surface area contributed by atoms with Crippen LogP contribution in [0.2, 0.25) is 0 Å². The largest absolute Gasteiger partial charge is 0.366 e. The molecule has 1 aromatic carbocycles. The molecule has 0 unspecified atom stereocenters. The summed E-state index contributed by atoms with van der Waals surface area (Å²) in [6, 6.07) is 5.82. The Balaban J connectivity index is 1.48. The number of carbonyl (C=O) groups is 1. The number of anilines is 2. The van der Waals surface area contributed by atoms with Gasteiger partial charge >= 0.3 is 0 Å². The summed E-state index contributed by atoms with van der Waals surface area (Å²) >= 11 is 0. The van der Waals surface area contributed by atoms with E-state index in [0.717, 1.165) is 43.0 Å². The SMILES string of the molecule is Cc1ccc(C(=O)NCC2CCN(c3nc(N)n[nH]3)CC2)cc1C. The molecular formula is C17H24N6O. The van der Waals surface area contributed by atoms with Crippen molar-refractivity contribution in [2.45, 2.75) is 26.7 Å². The molecule has 128 valence electrons. The lowest BCUT2D eigenvalue weighted by molar-refractivity contribution is 0.0945. The van der Waals surface area contributed by atoms with Gasteiger partial charge in [-0.15, -0.1) is 5.10 Å². The van der Waals surface area contributed by atoms with Crippen molar-refractivity contribution in [1.82, 2.24) is 20.5 Å². The van der Waals surface area contributed by atoms with Gasteiger partial charge in [-0.2, -0.15) is 4.98 Å². The van der Waals surface area contributed by atoms with Gasteiger partial charge in [-0.25, -0.2) is 5.10 Å². The van der Waals surface area contributed by atoms with E-state index in [0.29, 0.717) is 12.5 Å². The maximum atomic E-state index is 12.3. The van der Waals surface area contributed by atoms with Gasteiger partial charge in [0.25, 0.3) is 5.91 Å². The fraction of sp³-hybridized carbons (Fsp3) is 0.471. The summed E-state index contributed by atoms with van der Waals surface area (Å²) in [6.07, 6.45) is 2.02. The molecule has 2 aromatic rings. The normalized spacial score (nSPS) is 15.5. The van der Waals surface area contributed by atoms with Gasteiger partial charge in [0, 0.05) is 25.2 Å². The highest BCUT2D eigenvalue weighted by Crippen LogP contribution is 2.20. The van der Waals surface area contributed by atoms with E-state index in [9.17, 15) is 4.79 Å². The molecule has 1 fully saturated rings. The number of benzene rings is 1. The molecule has 4 N–H and O–H groups in total. The van der Waals surface area contributed by atoms with Crippen LogP contribution in [0.5, 0.6) is 0 Å². The van der Waals surface area contributed by atoms with Gasteiger partial charge in [0.2, 0.25) is 11.9 Å². The van der Waals surface area contributed by atoms with E-state index >= 15 is 0 Å². The van der Waals surface area contributed by atoms with Gasteiger partial charge in [0.1, 0.15) is 0 Å². The fourth-order valence-electron chi connectivity index (χ4n) is 2.98. The summed E-state index contributed by atoms with van der Waals surface area (Å²) in [6.45, 7) is 6.56. The Kier molecular flexibility index (Phi) is 4.69. The number of nitrogen functional groups attached to an aromatic ring is 1. The molecule has 2 heterocycles. The second-order valence-corrected chi connectivity index (χ2v) is 6.46. The van der Waals surface area contributed by atoms with Gasteiger partial charge in [-0.3, -0.25) is 4.79 Å². The molecule has 0 spiro atoms. The first kappa shape index (κ1) is 16.3. The van der Waals surface area contributed by atoms with Crippen LogP contribution < -0.4 is 16.0 Å². The molecule has 24 heavy (non-hydrogen) atoms. The Bertz CT molecular complexity index is 718. The number of nitrogens with two attached hydrogens (primary N) is 1. The average molecular weight is 328 g/mol. The lowest BCUT2D eigenvalue weighted by Gasteiger charge is -2.31. The third-order valence-electron chi connectivity index (χ3n) is 4.73. The molecular weight excluding hydrogens is 304 g/mol. The number of rotatable bonds is 4. The van der Waals surface area contributed by atoms with Crippen molar-refractivity contribution in [2.75, 3.05) is 30.3 Å².